The Labute approximate surface area is 129 Å². The van der Waals surface area contributed by atoms with E-state index in [1.807, 2.05) is 0 Å². The molecule has 2 N–H and O–H groups in total. The molecule has 3 heteroatoms. The van der Waals surface area contributed by atoms with Gasteiger partial charge in [-0.2, -0.15) is 0 Å². The Kier molecular flexibility index (Phi) is 4.48. The third-order valence-corrected chi connectivity index (χ3v) is 4.05. The summed E-state index contributed by atoms with van der Waals surface area (Å²) in [5, 5.41) is 0. The lowest BCUT2D eigenvalue weighted by Gasteiger charge is -2.47. The Morgan fingerprint density at radius 3 is 2.29 bits per heavy atom. The Hall–Kier alpha value is -0.900. The molecule has 0 spiro atoms. The molecule has 1 fully saturated rings. The normalized spacial score (nSPS) is 23.0. The van der Waals surface area contributed by atoms with E-state index >= 15 is 0 Å². The molecule has 1 aliphatic rings. The summed E-state index contributed by atoms with van der Waals surface area (Å²) >= 11 is 0. The molecule has 0 radical (unpaired) electrons. The van der Waals surface area contributed by atoms with E-state index in [2.05, 4.69) is 64.6 Å². The molecule has 1 saturated heterocycles. The highest BCUT2D eigenvalue weighted by Gasteiger charge is 2.38. The van der Waals surface area contributed by atoms with Crippen LogP contribution < -0.4 is 5.73 Å². The van der Waals surface area contributed by atoms with Gasteiger partial charge in [0.05, 0.1) is 11.2 Å². The summed E-state index contributed by atoms with van der Waals surface area (Å²) in [6.45, 7) is 15.6. The van der Waals surface area contributed by atoms with Gasteiger partial charge in [0, 0.05) is 25.7 Å². The molecule has 1 heterocycles. The lowest BCUT2D eigenvalue weighted by Crippen LogP contribution is -2.58. The van der Waals surface area contributed by atoms with Crippen LogP contribution in [0.1, 0.15) is 50.4 Å². The molecular weight excluding hydrogens is 260 g/mol. The highest BCUT2D eigenvalue weighted by atomic mass is 16.5. The predicted molar refractivity (Wildman–Crippen MR) is 88.5 cm³/mol. The van der Waals surface area contributed by atoms with Crippen molar-refractivity contribution in [1.82, 2.24) is 4.90 Å². The van der Waals surface area contributed by atoms with E-state index in [1.54, 1.807) is 0 Å². The maximum atomic E-state index is 6.49. The first kappa shape index (κ1) is 16.5. The zero-order chi connectivity index (χ0) is 15.8. The van der Waals surface area contributed by atoms with Gasteiger partial charge in [0.15, 0.2) is 0 Å². The third-order valence-electron chi connectivity index (χ3n) is 4.05. The molecule has 0 saturated carbocycles. The molecule has 1 aromatic carbocycles. The lowest BCUT2D eigenvalue weighted by atomic mass is 9.95. The Morgan fingerprint density at radius 2 is 1.71 bits per heavy atom. The smallest absolute Gasteiger partial charge is 0.0760 e. The van der Waals surface area contributed by atoms with E-state index in [0.29, 0.717) is 0 Å². The molecule has 3 nitrogen and oxygen atoms in total. The van der Waals surface area contributed by atoms with Crippen LogP contribution >= 0.6 is 0 Å². The molecular formula is C18H30N2O. The topological polar surface area (TPSA) is 38.5 Å². The van der Waals surface area contributed by atoms with E-state index in [-0.39, 0.29) is 17.2 Å². The summed E-state index contributed by atoms with van der Waals surface area (Å²) in [4.78, 5) is 2.44. The van der Waals surface area contributed by atoms with Crippen LogP contribution in [0.3, 0.4) is 0 Å². The minimum absolute atomic E-state index is 0.0506. The quantitative estimate of drug-likeness (QED) is 0.929. The molecule has 0 aromatic heterocycles. The van der Waals surface area contributed by atoms with Crippen molar-refractivity contribution < 1.29 is 4.74 Å². The number of ether oxygens (including phenoxy) is 1. The zero-order valence-corrected chi connectivity index (χ0v) is 14.4. The van der Waals surface area contributed by atoms with E-state index < -0.39 is 0 Å². The number of morpholine rings is 1. The van der Waals surface area contributed by atoms with Crippen molar-refractivity contribution in [1.29, 1.82) is 0 Å². The molecule has 1 atom stereocenters. The molecule has 21 heavy (non-hydrogen) atoms. The Balaban J connectivity index is 2.12. The number of nitrogens with two attached hydrogens (primary N) is 1. The zero-order valence-electron chi connectivity index (χ0n) is 14.4. The van der Waals surface area contributed by atoms with Crippen LogP contribution in [-0.2, 0) is 4.74 Å². The summed E-state index contributed by atoms with van der Waals surface area (Å²) < 4.78 is 6.14. The Bertz CT molecular complexity index is 492. The first-order valence-corrected chi connectivity index (χ1v) is 7.83. The fraction of sp³-hybridized carbons (Fsp3) is 0.667. The Morgan fingerprint density at radius 1 is 1.14 bits per heavy atom. The summed E-state index contributed by atoms with van der Waals surface area (Å²) in [6, 6.07) is 6.58. The van der Waals surface area contributed by atoms with Gasteiger partial charge in [-0.1, -0.05) is 23.8 Å². The van der Waals surface area contributed by atoms with Crippen molar-refractivity contribution in [3.63, 3.8) is 0 Å². The van der Waals surface area contributed by atoms with Crippen molar-refractivity contribution in [2.75, 3.05) is 19.6 Å². The summed E-state index contributed by atoms with van der Waals surface area (Å²) in [5.74, 6) is 0. The van der Waals surface area contributed by atoms with Crippen molar-refractivity contribution in [3.8, 4) is 0 Å². The third kappa shape index (κ3) is 4.29. The molecule has 1 aromatic rings. The van der Waals surface area contributed by atoms with Crippen LogP contribution in [0.5, 0.6) is 0 Å². The van der Waals surface area contributed by atoms with Crippen LogP contribution in [0.15, 0.2) is 18.2 Å². The highest BCUT2D eigenvalue weighted by molar-refractivity contribution is 5.33. The maximum absolute atomic E-state index is 6.49. The second-order valence-electron chi connectivity index (χ2n) is 7.76. The summed E-state index contributed by atoms with van der Waals surface area (Å²) in [7, 11) is 0. The lowest BCUT2D eigenvalue weighted by molar-refractivity contribution is -0.181. The fourth-order valence-corrected chi connectivity index (χ4v) is 3.61. The molecule has 118 valence electrons. The van der Waals surface area contributed by atoms with Crippen molar-refractivity contribution >= 4 is 0 Å². The number of benzene rings is 1. The molecule has 0 amide bonds. The standard InChI is InChI=1S/C18H30N2O/c1-13-7-8-14(2)15(9-13)16(19)10-20-11-17(3,4)21-18(5,6)12-20/h7-9,16H,10-12,19H2,1-6H3. The minimum atomic E-state index is -0.122. The van der Waals surface area contributed by atoms with Crippen LogP contribution in [-0.4, -0.2) is 35.7 Å². The van der Waals surface area contributed by atoms with Gasteiger partial charge in [-0.15, -0.1) is 0 Å². The van der Waals surface area contributed by atoms with Gasteiger partial charge in [-0.25, -0.2) is 0 Å². The van der Waals surface area contributed by atoms with Gasteiger partial charge in [-0.3, -0.25) is 4.90 Å². The second-order valence-corrected chi connectivity index (χ2v) is 7.76. The summed E-state index contributed by atoms with van der Waals surface area (Å²) in [6.07, 6.45) is 0. The molecule has 0 bridgehead atoms. The van der Waals surface area contributed by atoms with Gasteiger partial charge in [0.25, 0.3) is 0 Å². The number of aryl methyl sites for hydroxylation is 2. The van der Waals surface area contributed by atoms with Gasteiger partial charge < -0.3 is 10.5 Å². The number of rotatable bonds is 3. The first-order chi connectivity index (χ1) is 9.58. The van der Waals surface area contributed by atoms with E-state index in [9.17, 15) is 0 Å². The first-order valence-electron chi connectivity index (χ1n) is 7.83. The molecule has 0 aliphatic carbocycles. The highest BCUT2D eigenvalue weighted by Crippen LogP contribution is 2.29. The van der Waals surface area contributed by atoms with Gasteiger partial charge in [0.2, 0.25) is 0 Å². The maximum Gasteiger partial charge on any atom is 0.0760 e. The van der Waals surface area contributed by atoms with Crippen molar-refractivity contribution in [2.24, 2.45) is 5.73 Å². The van der Waals surface area contributed by atoms with E-state index in [4.69, 9.17) is 10.5 Å². The average molecular weight is 290 g/mol. The number of hydrogen-bond acceptors (Lipinski definition) is 3. The largest absolute Gasteiger partial charge is 0.367 e. The van der Waals surface area contributed by atoms with Crippen LogP contribution in [0.25, 0.3) is 0 Å². The van der Waals surface area contributed by atoms with E-state index in [1.165, 1.54) is 16.7 Å². The molecule has 2 rings (SSSR count). The van der Waals surface area contributed by atoms with Crippen molar-refractivity contribution in [3.05, 3.63) is 34.9 Å². The molecule has 1 unspecified atom stereocenters. The summed E-state index contributed by atoms with van der Waals surface area (Å²) in [5.41, 5.74) is 10.1. The second kappa shape index (κ2) is 5.71. The van der Waals surface area contributed by atoms with Gasteiger partial charge in [0.1, 0.15) is 0 Å². The molecule has 1 aliphatic heterocycles. The van der Waals surface area contributed by atoms with Gasteiger partial charge >= 0.3 is 0 Å². The fourth-order valence-electron chi connectivity index (χ4n) is 3.61. The monoisotopic (exact) mass is 290 g/mol. The van der Waals surface area contributed by atoms with E-state index in [0.717, 1.165) is 19.6 Å². The van der Waals surface area contributed by atoms with Crippen molar-refractivity contribution in [2.45, 2.75) is 58.8 Å². The predicted octanol–water partition coefficient (Wildman–Crippen LogP) is 3.19. The SMILES string of the molecule is Cc1ccc(C)c(C(N)CN2CC(C)(C)OC(C)(C)C2)c1. The average Bonchev–Trinajstić information content (AvgIpc) is 2.27. The van der Waals surface area contributed by atoms with Gasteiger partial charge in [-0.05, 0) is 52.7 Å². The number of nitrogens with zero attached hydrogens (tertiary/aromatic N) is 1. The number of hydrogen-bond donors (Lipinski definition) is 1. The van der Waals surface area contributed by atoms with Crippen LogP contribution in [0.2, 0.25) is 0 Å². The minimum Gasteiger partial charge on any atom is -0.367 e. The van der Waals surface area contributed by atoms with Crippen LogP contribution in [0, 0.1) is 13.8 Å². The van der Waals surface area contributed by atoms with Crippen LogP contribution in [0.4, 0.5) is 0 Å².